The SMILES string of the molecule is CCNC(=O)[C@H](Cc1ccccc1)N(Cc1c(Cl)cccc1Cl)C(=O)CN(c1ccc2c(c1)OCO2)S(=O)(=O)CC. The van der Waals surface area contributed by atoms with Crippen LogP contribution in [-0.2, 0) is 32.6 Å². The van der Waals surface area contributed by atoms with Gasteiger partial charge in [-0.05, 0) is 43.7 Å². The monoisotopic (exact) mass is 619 g/mol. The van der Waals surface area contributed by atoms with Gasteiger partial charge in [-0.2, -0.15) is 0 Å². The zero-order chi connectivity index (χ0) is 29.6. The summed E-state index contributed by atoms with van der Waals surface area (Å²) in [6.45, 7) is 2.94. The molecule has 0 unspecified atom stereocenters. The van der Waals surface area contributed by atoms with E-state index in [2.05, 4.69) is 5.32 Å². The van der Waals surface area contributed by atoms with Crippen LogP contribution in [0.25, 0.3) is 0 Å². The van der Waals surface area contributed by atoms with Crippen LogP contribution in [0, 0.1) is 0 Å². The second-order valence-electron chi connectivity index (χ2n) is 9.27. The normalized spacial score (nSPS) is 13.0. The van der Waals surface area contributed by atoms with Gasteiger partial charge in [-0.1, -0.05) is 59.6 Å². The molecule has 218 valence electrons. The smallest absolute Gasteiger partial charge is 0.244 e. The first-order chi connectivity index (χ1) is 19.6. The molecule has 1 N–H and O–H groups in total. The molecule has 0 saturated heterocycles. The average molecular weight is 621 g/mol. The van der Waals surface area contributed by atoms with Crippen molar-refractivity contribution in [3.63, 3.8) is 0 Å². The quantitative estimate of drug-likeness (QED) is 0.316. The molecule has 1 aliphatic heterocycles. The zero-order valence-electron chi connectivity index (χ0n) is 22.7. The van der Waals surface area contributed by atoms with Crippen LogP contribution in [-0.4, -0.2) is 56.8 Å². The number of hydrogen-bond acceptors (Lipinski definition) is 6. The number of benzene rings is 3. The number of likely N-dealkylation sites (N-methyl/N-ethyl adjacent to an activating group) is 1. The molecule has 0 fully saturated rings. The van der Waals surface area contributed by atoms with Gasteiger partial charge in [0, 0.05) is 41.2 Å². The maximum absolute atomic E-state index is 14.2. The van der Waals surface area contributed by atoms with Crippen LogP contribution in [0.15, 0.2) is 66.7 Å². The molecular weight excluding hydrogens is 589 g/mol. The number of anilines is 1. The van der Waals surface area contributed by atoms with Crippen molar-refractivity contribution in [1.82, 2.24) is 10.2 Å². The minimum absolute atomic E-state index is 0.0122. The molecular formula is C29H31Cl2N3O6S. The van der Waals surface area contributed by atoms with Crippen molar-refractivity contribution in [2.75, 3.05) is 29.9 Å². The van der Waals surface area contributed by atoms with Crippen LogP contribution in [0.3, 0.4) is 0 Å². The molecule has 0 radical (unpaired) electrons. The van der Waals surface area contributed by atoms with Crippen LogP contribution < -0.4 is 19.1 Å². The van der Waals surface area contributed by atoms with Crippen molar-refractivity contribution in [1.29, 1.82) is 0 Å². The van der Waals surface area contributed by atoms with E-state index in [1.165, 1.54) is 17.9 Å². The Morgan fingerprint density at radius 1 is 0.951 bits per heavy atom. The zero-order valence-corrected chi connectivity index (χ0v) is 25.0. The van der Waals surface area contributed by atoms with E-state index in [4.69, 9.17) is 32.7 Å². The third-order valence-electron chi connectivity index (χ3n) is 6.64. The van der Waals surface area contributed by atoms with Crippen LogP contribution in [0.2, 0.25) is 10.0 Å². The van der Waals surface area contributed by atoms with Crippen molar-refractivity contribution in [2.24, 2.45) is 0 Å². The fourth-order valence-corrected chi connectivity index (χ4v) is 6.03. The molecule has 41 heavy (non-hydrogen) atoms. The summed E-state index contributed by atoms with van der Waals surface area (Å²) in [5.41, 5.74) is 1.50. The number of fused-ring (bicyclic) bond motifs is 1. The highest BCUT2D eigenvalue weighted by atomic mass is 35.5. The predicted molar refractivity (Wildman–Crippen MR) is 159 cm³/mol. The molecule has 0 bridgehead atoms. The summed E-state index contributed by atoms with van der Waals surface area (Å²) in [5, 5.41) is 3.45. The number of halogens is 2. The van der Waals surface area contributed by atoms with Gasteiger partial charge < -0.3 is 19.7 Å². The van der Waals surface area contributed by atoms with Gasteiger partial charge in [-0.15, -0.1) is 0 Å². The van der Waals surface area contributed by atoms with E-state index in [1.54, 1.807) is 37.3 Å². The fraction of sp³-hybridized carbons (Fsp3) is 0.310. The molecule has 9 nitrogen and oxygen atoms in total. The van der Waals surface area contributed by atoms with Gasteiger partial charge in [-0.3, -0.25) is 13.9 Å². The largest absolute Gasteiger partial charge is 0.454 e. The average Bonchev–Trinajstić information content (AvgIpc) is 3.43. The summed E-state index contributed by atoms with van der Waals surface area (Å²) < 4.78 is 38.4. The minimum atomic E-state index is -3.93. The van der Waals surface area contributed by atoms with E-state index in [9.17, 15) is 18.0 Å². The number of nitrogens with zero attached hydrogens (tertiary/aromatic N) is 2. The molecule has 1 aliphatic rings. The number of rotatable bonds is 12. The minimum Gasteiger partial charge on any atom is -0.454 e. The van der Waals surface area contributed by atoms with E-state index in [1.807, 2.05) is 30.3 Å². The van der Waals surface area contributed by atoms with E-state index in [0.29, 0.717) is 33.7 Å². The third kappa shape index (κ3) is 7.25. The molecule has 4 rings (SSSR count). The Morgan fingerprint density at radius 2 is 1.63 bits per heavy atom. The molecule has 0 saturated carbocycles. The van der Waals surface area contributed by atoms with E-state index in [0.717, 1.165) is 9.87 Å². The fourth-order valence-electron chi connectivity index (χ4n) is 4.46. The van der Waals surface area contributed by atoms with Gasteiger partial charge in [0.05, 0.1) is 11.4 Å². The summed E-state index contributed by atoms with van der Waals surface area (Å²) in [6, 6.07) is 17.9. The van der Waals surface area contributed by atoms with Crippen molar-refractivity contribution < 1.29 is 27.5 Å². The molecule has 3 aromatic rings. The Bertz CT molecular complexity index is 1480. The van der Waals surface area contributed by atoms with Crippen LogP contribution in [0.4, 0.5) is 5.69 Å². The molecule has 12 heteroatoms. The van der Waals surface area contributed by atoms with Crippen molar-refractivity contribution in [3.8, 4) is 11.5 Å². The Hall–Kier alpha value is -3.47. The lowest BCUT2D eigenvalue weighted by molar-refractivity contribution is -0.140. The van der Waals surface area contributed by atoms with Crippen LogP contribution >= 0.6 is 23.2 Å². The number of nitrogens with one attached hydrogen (secondary N) is 1. The van der Waals surface area contributed by atoms with Gasteiger partial charge in [0.1, 0.15) is 12.6 Å². The highest BCUT2D eigenvalue weighted by Crippen LogP contribution is 2.36. The van der Waals surface area contributed by atoms with Gasteiger partial charge in [-0.25, -0.2) is 8.42 Å². The third-order valence-corrected chi connectivity index (χ3v) is 9.09. The number of amides is 2. The van der Waals surface area contributed by atoms with Gasteiger partial charge in [0.25, 0.3) is 0 Å². The molecule has 0 spiro atoms. The standard InChI is InChI=1S/C29H31Cl2N3O6S/c1-3-32-29(36)25(15-20-9-6-5-7-10-20)33(17-22-23(30)11-8-12-24(22)31)28(35)18-34(41(37,38)4-2)21-13-14-26-27(16-21)40-19-39-26/h5-14,16,25H,3-4,15,17-19H2,1-2H3,(H,32,36)/t25-/m0/s1. The first-order valence-corrected chi connectivity index (χ1v) is 15.4. The van der Waals surface area contributed by atoms with Crippen molar-refractivity contribution in [2.45, 2.75) is 32.9 Å². The van der Waals surface area contributed by atoms with Crippen LogP contribution in [0.1, 0.15) is 25.0 Å². The Balaban J connectivity index is 1.77. The molecule has 2 amide bonds. The van der Waals surface area contributed by atoms with Gasteiger partial charge in [0.15, 0.2) is 11.5 Å². The van der Waals surface area contributed by atoms with Crippen molar-refractivity contribution in [3.05, 3.63) is 87.9 Å². The van der Waals surface area contributed by atoms with E-state index in [-0.39, 0.29) is 37.1 Å². The lowest BCUT2D eigenvalue weighted by Crippen LogP contribution is -2.53. The summed E-state index contributed by atoms with van der Waals surface area (Å²) >= 11 is 13.0. The Morgan fingerprint density at radius 3 is 2.29 bits per heavy atom. The first kappa shape index (κ1) is 30.5. The highest BCUT2D eigenvalue weighted by Gasteiger charge is 2.34. The molecule has 0 aliphatic carbocycles. The summed E-state index contributed by atoms with van der Waals surface area (Å²) in [7, 11) is -3.93. The second-order valence-corrected chi connectivity index (χ2v) is 12.3. The summed E-state index contributed by atoms with van der Waals surface area (Å²) in [5.74, 6) is -0.406. The number of carbonyl (C=O) groups is 2. The number of hydrogen-bond donors (Lipinski definition) is 1. The highest BCUT2D eigenvalue weighted by molar-refractivity contribution is 7.92. The van der Waals surface area contributed by atoms with Crippen LogP contribution in [0.5, 0.6) is 11.5 Å². The Kier molecular flexibility index (Phi) is 10.0. The number of carbonyl (C=O) groups excluding carboxylic acids is 2. The number of sulfonamides is 1. The lowest BCUT2D eigenvalue weighted by Gasteiger charge is -2.34. The number of ether oxygens (including phenoxy) is 2. The molecule has 1 atom stereocenters. The summed E-state index contributed by atoms with van der Waals surface area (Å²) in [6.07, 6.45) is 0.186. The molecule has 1 heterocycles. The maximum Gasteiger partial charge on any atom is 0.244 e. The van der Waals surface area contributed by atoms with Gasteiger partial charge in [0.2, 0.25) is 28.6 Å². The molecule has 3 aromatic carbocycles. The van der Waals surface area contributed by atoms with Crippen molar-refractivity contribution >= 4 is 50.7 Å². The predicted octanol–water partition coefficient (Wildman–Crippen LogP) is 4.65. The first-order valence-electron chi connectivity index (χ1n) is 13.1. The summed E-state index contributed by atoms with van der Waals surface area (Å²) in [4.78, 5) is 29.0. The van der Waals surface area contributed by atoms with Gasteiger partial charge >= 0.3 is 0 Å². The van der Waals surface area contributed by atoms with E-state index < -0.39 is 28.5 Å². The molecule has 0 aromatic heterocycles. The Labute approximate surface area is 250 Å². The topological polar surface area (TPSA) is 105 Å². The lowest BCUT2D eigenvalue weighted by atomic mass is 10.0. The van der Waals surface area contributed by atoms with E-state index >= 15 is 0 Å². The maximum atomic E-state index is 14.2. The second kappa shape index (κ2) is 13.5.